The van der Waals surface area contributed by atoms with Crippen LogP contribution in [-0.4, -0.2) is 6.61 Å². The Bertz CT molecular complexity index is 64.3. The maximum atomic E-state index is 5.04. The second-order valence-electron chi connectivity index (χ2n) is 3.06. The molecule has 0 atom stereocenters. The zero-order valence-corrected chi connectivity index (χ0v) is 7.66. The van der Waals surface area contributed by atoms with Crippen LogP contribution in [0.25, 0.3) is 0 Å². The molecule has 1 nitrogen and oxygen atoms in total. The minimum Gasteiger partial charge on any atom is -0.279 e. The molecule has 0 heterocycles. The SMILES string of the molecule is CC(C)CCCCCOCl. The Balaban J connectivity index is 2.77. The van der Waals surface area contributed by atoms with Gasteiger partial charge in [0.25, 0.3) is 0 Å². The number of unbranched alkanes of at least 4 members (excludes halogenated alkanes) is 2. The summed E-state index contributed by atoms with van der Waals surface area (Å²) in [4.78, 5) is 0. The highest BCUT2D eigenvalue weighted by molar-refractivity contribution is 6.07. The number of hydrogen-bond acceptors (Lipinski definition) is 1. The lowest BCUT2D eigenvalue weighted by molar-refractivity contribution is 0.333. The van der Waals surface area contributed by atoms with Crippen molar-refractivity contribution in [3.8, 4) is 0 Å². The molecular formula is C8H17ClO. The molecule has 0 aliphatic rings. The van der Waals surface area contributed by atoms with E-state index in [2.05, 4.69) is 18.1 Å². The Morgan fingerprint density at radius 2 is 1.90 bits per heavy atom. The zero-order chi connectivity index (χ0) is 7.82. The van der Waals surface area contributed by atoms with Gasteiger partial charge in [0.2, 0.25) is 0 Å². The van der Waals surface area contributed by atoms with Crippen molar-refractivity contribution >= 4 is 11.9 Å². The smallest absolute Gasteiger partial charge is 0.0682 e. The lowest BCUT2D eigenvalue weighted by Gasteiger charge is -2.02. The first-order chi connectivity index (χ1) is 4.77. The summed E-state index contributed by atoms with van der Waals surface area (Å²) in [5, 5.41) is 0. The van der Waals surface area contributed by atoms with Crippen LogP contribution in [-0.2, 0) is 4.29 Å². The van der Waals surface area contributed by atoms with Crippen molar-refractivity contribution in [2.45, 2.75) is 39.5 Å². The van der Waals surface area contributed by atoms with Crippen molar-refractivity contribution in [3.05, 3.63) is 0 Å². The fourth-order valence-corrected chi connectivity index (χ4v) is 0.995. The van der Waals surface area contributed by atoms with E-state index in [1.54, 1.807) is 0 Å². The van der Waals surface area contributed by atoms with E-state index < -0.39 is 0 Å². The summed E-state index contributed by atoms with van der Waals surface area (Å²) < 4.78 is 4.42. The summed E-state index contributed by atoms with van der Waals surface area (Å²) in [5.74, 6) is 0.830. The molecule has 0 saturated carbocycles. The Hall–Kier alpha value is 0.250. The van der Waals surface area contributed by atoms with Crippen molar-refractivity contribution in [2.24, 2.45) is 5.92 Å². The molecule has 0 aromatic heterocycles. The first-order valence-electron chi connectivity index (χ1n) is 4.01. The molecule has 0 bridgehead atoms. The van der Waals surface area contributed by atoms with Crippen molar-refractivity contribution in [2.75, 3.05) is 6.61 Å². The average molecular weight is 165 g/mol. The molecule has 0 aromatic rings. The molecule has 0 amide bonds. The third kappa shape index (κ3) is 8.25. The molecule has 0 saturated heterocycles. The van der Waals surface area contributed by atoms with Crippen LogP contribution in [0.4, 0.5) is 0 Å². The van der Waals surface area contributed by atoms with E-state index in [1.807, 2.05) is 0 Å². The van der Waals surface area contributed by atoms with Crippen LogP contribution in [0.15, 0.2) is 0 Å². The number of halogens is 1. The third-order valence-corrected chi connectivity index (χ3v) is 1.66. The molecule has 0 radical (unpaired) electrons. The van der Waals surface area contributed by atoms with Gasteiger partial charge in [-0.1, -0.05) is 33.1 Å². The minimum atomic E-state index is 0.694. The summed E-state index contributed by atoms with van der Waals surface area (Å²) in [6.45, 7) is 5.19. The molecule has 0 aliphatic heterocycles. The van der Waals surface area contributed by atoms with Gasteiger partial charge in [0.05, 0.1) is 18.5 Å². The molecule has 0 aromatic carbocycles. The lowest BCUT2D eigenvalue weighted by atomic mass is 10.1. The summed E-state index contributed by atoms with van der Waals surface area (Å²) in [7, 11) is 0. The molecule has 0 rings (SSSR count). The van der Waals surface area contributed by atoms with Gasteiger partial charge in [0, 0.05) is 0 Å². The highest BCUT2D eigenvalue weighted by atomic mass is 35.5. The molecular weight excluding hydrogens is 148 g/mol. The van der Waals surface area contributed by atoms with Crippen LogP contribution in [0.5, 0.6) is 0 Å². The fourth-order valence-electron chi connectivity index (χ4n) is 0.886. The maximum absolute atomic E-state index is 5.04. The van der Waals surface area contributed by atoms with Crippen LogP contribution in [0, 0.1) is 5.92 Å². The van der Waals surface area contributed by atoms with E-state index >= 15 is 0 Å². The monoisotopic (exact) mass is 164 g/mol. The Kier molecular flexibility index (Phi) is 7.54. The van der Waals surface area contributed by atoms with E-state index in [0.29, 0.717) is 6.61 Å². The van der Waals surface area contributed by atoms with Crippen molar-refractivity contribution in [1.29, 1.82) is 0 Å². The molecule has 2 heteroatoms. The maximum Gasteiger partial charge on any atom is 0.0682 e. The van der Waals surface area contributed by atoms with Crippen molar-refractivity contribution in [1.82, 2.24) is 0 Å². The third-order valence-electron chi connectivity index (χ3n) is 1.50. The highest BCUT2D eigenvalue weighted by Crippen LogP contribution is 2.07. The summed E-state index contributed by atoms with van der Waals surface area (Å²) in [6.07, 6.45) is 4.96. The van der Waals surface area contributed by atoms with Gasteiger partial charge in [-0.3, -0.25) is 4.29 Å². The molecule has 0 N–H and O–H groups in total. The van der Waals surface area contributed by atoms with Crippen LogP contribution in [0.3, 0.4) is 0 Å². The summed E-state index contributed by atoms with van der Waals surface area (Å²) in [6, 6.07) is 0. The van der Waals surface area contributed by atoms with E-state index in [-0.39, 0.29) is 0 Å². The Labute approximate surface area is 68.9 Å². The van der Waals surface area contributed by atoms with Crippen LogP contribution >= 0.6 is 11.9 Å². The van der Waals surface area contributed by atoms with E-state index in [0.717, 1.165) is 12.3 Å². The zero-order valence-electron chi connectivity index (χ0n) is 6.90. The molecule has 0 spiro atoms. The summed E-state index contributed by atoms with van der Waals surface area (Å²) >= 11 is 5.04. The average Bonchev–Trinajstić information content (AvgIpc) is 1.87. The molecule has 0 fully saturated rings. The van der Waals surface area contributed by atoms with Gasteiger partial charge in [-0.2, -0.15) is 0 Å². The Morgan fingerprint density at radius 1 is 1.20 bits per heavy atom. The normalized spacial score (nSPS) is 10.8. The molecule has 0 aliphatic carbocycles. The standard InChI is InChI=1S/C8H17ClO/c1-8(2)6-4-3-5-7-10-9/h8H,3-7H2,1-2H3. The van der Waals surface area contributed by atoms with Gasteiger partial charge in [-0.05, 0) is 12.3 Å². The molecule has 62 valence electrons. The predicted octanol–water partition coefficient (Wildman–Crippen LogP) is 3.37. The number of hydrogen-bond donors (Lipinski definition) is 0. The largest absolute Gasteiger partial charge is 0.279 e. The van der Waals surface area contributed by atoms with Gasteiger partial charge in [-0.15, -0.1) is 0 Å². The second kappa shape index (κ2) is 7.36. The van der Waals surface area contributed by atoms with E-state index in [9.17, 15) is 0 Å². The topological polar surface area (TPSA) is 9.23 Å². The minimum absolute atomic E-state index is 0.694. The van der Waals surface area contributed by atoms with Gasteiger partial charge < -0.3 is 0 Å². The summed E-state index contributed by atoms with van der Waals surface area (Å²) in [5.41, 5.74) is 0. The quantitative estimate of drug-likeness (QED) is 0.547. The van der Waals surface area contributed by atoms with E-state index in [4.69, 9.17) is 11.9 Å². The molecule has 10 heavy (non-hydrogen) atoms. The van der Waals surface area contributed by atoms with Crippen LogP contribution in [0.2, 0.25) is 0 Å². The van der Waals surface area contributed by atoms with Gasteiger partial charge in [0.1, 0.15) is 0 Å². The fraction of sp³-hybridized carbons (Fsp3) is 1.00. The molecule has 0 unspecified atom stereocenters. The van der Waals surface area contributed by atoms with Crippen molar-refractivity contribution in [3.63, 3.8) is 0 Å². The van der Waals surface area contributed by atoms with Gasteiger partial charge in [0.15, 0.2) is 0 Å². The lowest BCUT2D eigenvalue weighted by Crippen LogP contribution is -1.89. The van der Waals surface area contributed by atoms with Crippen LogP contribution in [0.1, 0.15) is 39.5 Å². The predicted molar refractivity (Wildman–Crippen MR) is 45.1 cm³/mol. The first-order valence-corrected chi connectivity index (χ1v) is 4.31. The van der Waals surface area contributed by atoms with Gasteiger partial charge in [-0.25, -0.2) is 0 Å². The van der Waals surface area contributed by atoms with Crippen LogP contribution < -0.4 is 0 Å². The van der Waals surface area contributed by atoms with Gasteiger partial charge >= 0.3 is 0 Å². The highest BCUT2D eigenvalue weighted by Gasteiger charge is 1.93. The van der Waals surface area contributed by atoms with E-state index in [1.165, 1.54) is 19.3 Å². The van der Waals surface area contributed by atoms with Crippen molar-refractivity contribution < 1.29 is 4.29 Å². The second-order valence-corrected chi connectivity index (χ2v) is 3.27. The number of rotatable bonds is 6. The first kappa shape index (κ1) is 10.2. The Morgan fingerprint density at radius 3 is 2.40 bits per heavy atom.